The standard InChI is InChI=1S/C39H44F2N2O7/c1-24(27-6-10-29(40)11-7-27)5-18-33-36(43(39(33)49)31-14-12-30(41)13-15-31)28-8-16-32(17-9-28)50-23-26-4-2-3-25(19-26)20-42-21-34(45)37(47)38(48)35(46)22-44/h2-4,6-17,19,24,33-38,42,44-48H,5,18,20-23H2,1H3. The summed E-state index contributed by atoms with van der Waals surface area (Å²) >= 11 is 0. The zero-order valence-electron chi connectivity index (χ0n) is 27.8. The number of hydrogen-bond acceptors (Lipinski definition) is 8. The number of nitrogens with one attached hydrogen (secondary N) is 1. The SMILES string of the molecule is CC(CCC1C(=O)N(c2ccc(F)cc2)C1c1ccc(OCc2cccc(CNCC(O)C(O)C(O)C(O)CO)c2)cc1)c1ccc(F)cc1. The maximum atomic E-state index is 13.7. The second-order valence-electron chi connectivity index (χ2n) is 12.9. The molecule has 1 saturated heterocycles. The fraction of sp³-hybridized carbons (Fsp3) is 0.359. The van der Waals surface area contributed by atoms with E-state index in [2.05, 4.69) is 12.2 Å². The predicted octanol–water partition coefficient (Wildman–Crippen LogP) is 4.36. The van der Waals surface area contributed by atoms with Crippen LogP contribution in [0.5, 0.6) is 5.75 Å². The minimum absolute atomic E-state index is 0.0219. The molecule has 1 fully saturated rings. The van der Waals surface area contributed by atoms with E-state index >= 15 is 0 Å². The number of benzene rings is 4. The van der Waals surface area contributed by atoms with Crippen molar-refractivity contribution in [2.45, 2.75) is 69.3 Å². The molecule has 6 N–H and O–H groups in total. The third-order valence-electron chi connectivity index (χ3n) is 9.29. The summed E-state index contributed by atoms with van der Waals surface area (Å²) in [5, 5.41) is 51.3. The maximum absolute atomic E-state index is 13.7. The fourth-order valence-electron chi connectivity index (χ4n) is 6.29. The van der Waals surface area contributed by atoms with E-state index in [4.69, 9.17) is 9.84 Å². The van der Waals surface area contributed by atoms with Crippen LogP contribution in [-0.2, 0) is 17.9 Å². The zero-order valence-corrected chi connectivity index (χ0v) is 27.8. The third kappa shape index (κ3) is 9.11. The summed E-state index contributed by atoms with van der Waals surface area (Å²) in [5.74, 6) is -0.180. The van der Waals surface area contributed by atoms with E-state index < -0.39 is 31.0 Å². The minimum atomic E-state index is -1.68. The summed E-state index contributed by atoms with van der Waals surface area (Å²) in [6.07, 6.45) is -4.85. The highest BCUT2D eigenvalue weighted by atomic mass is 19.1. The molecule has 50 heavy (non-hydrogen) atoms. The second kappa shape index (κ2) is 17.1. The average Bonchev–Trinajstić information content (AvgIpc) is 3.13. The summed E-state index contributed by atoms with van der Waals surface area (Å²) in [4.78, 5) is 15.2. The summed E-state index contributed by atoms with van der Waals surface area (Å²) in [7, 11) is 0. The number of carbonyl (C=O) groups is 1. The molecule has 0 spiro atoms. The molecule has 4 aromatic rings. The number of rotatable bonds is 17. The zero-order chi connectivity index (χ0) is 35.8. The summed E-state index contributed by atoms with van der Waals surface area (Å²) in [5.41, 5.74) is 4.37. The molecule has 266 valence electrons. The van der Waals surface area contributed by atoms with Crippen molar-refractivity contribution in [2.75, 3.05) is 18.1 Å². The molecule has 11 heteroatoms. The van der Waals surface area contributed by atoms with Crippen LogP contribution in [0.1, 0.15) is 54.0 Å². The van der Waals surface area contributed by atoms with Crippen LogP contribution in [0.3, 0.4) is 0 Å². The van der Waals surface area contributed by atoms with Gasteiger partial charge in [-0.15, -0.1) is 0 Å². The Kier molecular flexibility index (Phi) is 12.7. The average molecular weight is 691 g/mol. The van der Waals surface area contributed by atoms with Crippen LogP contribution in [-0.4, -0.2) is 69.0 Å². The van der Waals surface area contributed by atoms with Crippen molar-refractivity contribution in [3.05, 3.63) is 131 Å². The van der Waals surface area contributed by atoms with Crippen LogP contribution >= 0.6 is 0 Å². The first-order valence-electron chi connectivity index (χ1n) is 16.7. The van der Waals surface area contributed by atoms with Crippen molar-refractivity contribution in [1.29, 1.82) is 0 Å². The van der Waals surface area contributed by atoms with Gasteiger partial charge in [-0.2, -0.15) is 0 Å². The lowest BCUT2D eigenvalue weighted by Crippen LogP contribution is -2.55. The molecule has 1 aliphatic rings. The van der Waals surface area contributed by atoms with Gasteiger partial charge in [-0.1, -0.05) is 55.5 Å². The summed E-state index contributed by atoms with van der Waals surface area (Å²) in [6.45, 7) is 1.92. The molecule has 1 aliphatic heterocycles. The topological polar surface area (TPSA) is 143 Å². The number of aliphatic hydroxyl groups excluding tert-OH is 5. The molecule has 0 saturated carbocycles. The van der Waals surface area contributed by atoms with Gasteiger partial charge in [0.15, 0.2) is 0 Å². The van der Waals surface area contributed by atoms with Crippen LogP contribution in [0.2, 0.25) is 0 Å². The molecule has 4 aromatic carbocycles. The van der Waals surface area contributed by atoms with Gasteiger partial charge in [-0.3, -0.25) is 4.79 Å². The van der Waals surface area contributed by atoms with Crippen molar-refractivity contribution < 1.29 is 43.8 Å². The number of amides is 1. The van der Waals surface area contributed by atoms with Crippen LogP contribution in [0.25, 0.3) is 0 Å². The largest absolute Gasteiger partial charge is 0.489 e. The van der Waals surface area contributed by atoms with Gasteiger partial charge < -0.3 is 40.5 Å². The Labute approximate surface area is 290 Å². The molecular weight excluding hydrogens is 646 g/mol. The van der Waals surface area contributed by atoms with Gasteiger partial charge in [0.25, 0.3) is 0 Å². The van der Waals surface area contributed by atoms with Crippen LogP contribution in [0.4, 0.5) is 14.5 Å². The van der Waals surface area contributed by atoms with E-state index in [0.717, 1.165) is 28.7 Å². The van der Waals surface area contributed by atoms with Crippen LogP contribution in [0, 0.1) is 17.6 Å². The number of β-lactam (4-membered cyclic amide) rings is 1. The van der Waals surface area contributed by atoms with Crippen molar-refractivity contribution in [3.8, 4) is 5.75 Å². The Morgan fingerprint density at radius 1 is 0.820 bits per heavy atom. The Balaban J connectivity index is 1.19. The summed E-state index contributed by atoms with van der Waals surface area (Å²) in [6, 6.07) is 27.3. The minimum Gasteiger partial charge on any atom is -0.489 e. The predicted molar refractivity (Wildman–Crippen MR) is 184 cm³/mol. The van der Waals surface area contributed by atoms with Crippen LogP contribution < -0.4 is 15.0 Å². The first-order valence-corrected chi connectivity index (χ1v) is 16.7. The second-order valence-corrected chi connectivity index (χ2v) is 12.9. The van der Waals surface area contributed by atoms with E-state index in [1.807, 2.05) is 48.5 Å². The molecule has 7 atom stereocenters. The molecule has 7 unspecified atom stereocenters. The number of halogens is 2. The quantitative estimate of drug-likeness (QED) is 0.0899. The first-order chi connectivity index (χ1) is 24.0. The first kappa shape index (κ1) is 37.0. The van der Waals surface area contributed by atoms with Gasteiger partial charge in [-0.05, 0) is 89.5 Å². The fourth-order valence-corrected chi connectivity index (χ4v) is 6.29. The molecule has 0 aromatic heterocycles. The molecule has 0 radical (unpaired) electrons. The van der Waals surface area contributed by atoms with E-state index in [-0.39, 0.29) is 48.6 Å². The molecular formula is C39H44F2N2O7. The van der Waals surface area contributed by atoms with Crippen molar-refractivity contribution in [3.63, 3.8) is 0 Å². The molecule has 0 aliphatic carbocycles. The lowest BCUT2D eigenvalue weighted by atomic mass is 9.77. The number of hydrogen-bond donors (Lipinski definition) is 6. The highest BCUT2D eigenvalue weighted by Gasteiger charge is 2.48. The lowest BCUT2D eigenvalue weighted by molar-refractivity contribution is -0.130. The molecule has 1 heterocycles. The Morgan fingerprint density at radius 2 is 1.44 bits per heavy atom. The molecule has 0 bridgehead atoms. The normalized spacial score (nSPS) is 19.0. The highest BCUT2D eigenvalue weighted by molar-refractivity contribution is 6.03. The number of ether oxygens (including phenoxy) is 1. The maximum Gasteiger partial charge on any atom is 0.233 e. The van der Waals surface area contributed by atoms with Crippen molar-refractivity contribution in [1.82, 2.24) is 5.32 Å². The van der Waals surface area contributed by atoms with Gasteiger partial charge in [0.1, 0.15) is 42.3 Å². The monoisotopic (exact) mass is 690 g/mol. The van der Waals surface area contributed by atoms with Gasteiger partial charge in [0, 0.05) is 18.8 Å². The molecule has 9 nitrogen and oxygen atoms in total. The lowest BCUT2D eigenvalue weighted by Gasteiger charge is -2.48. The van der Waals surface area contributed by atoms with E-state index in [0.29, 0.717) is 24.4 Å². The summed E-state index contributed by atoms with van der Waals surface area (Å²) < 4.78 is 33.2. The van der Waals surface area contributed by atoms with Gasteiger partial charge in [0.2, 0.25) is 5.91 Å². The smallest absolute Gasteiger partial charge is 0.233 e. The van der Waals surface area contributed by atoms with Crippen molar-refractivity contribution in [2.24, 2.45) is 5.92 Å². The van der Waals surface area contributed by atoms with E-state index in [1.165, 1.54) is 24.3 Å². The molecule has 1 amide bonds. The Hall–Kier alpha value is -4.23. The Morgan fingerprint density at radius 3 is 2.10 bits per heavy atom. The van der Waals surface area contributed by atoms with E-state index in [9.17, 15) is 34.0 Å². The van der Waals surface area contributed by atoms with Crippen LogP contribution in [0.15, 0.2) is 97.1 Å². The number of carbonyl (C=O) groups excluding carboxylic acids is 1. The Bertz CT molecular complexity index is 1670. The third-order valence-corrected chi connectivity index (χ3v) is 9.29. The van der Waals surface area contributed by atoms with Crippen molar-refractivity contribution >= 4 is 11.6 Å². The number of aliphatic hydroxyl groups is 5. The van der Waals surface area contributed by atoms with Gasteiger partial charge >= 0.3 is 0 Å². The number of anilines is 1. The van der Waals surface area contributed by atoms with Gasteiger partial charge in [-0.25, -0.2) is 8.78 Å². The highest BCUT2D eigenvalue weighted by Crippen LogP contribution is 2.46. The van der Waals surface area contributed by atoms with Gasteiger partial charge in [0.05, 0.1) is 24.7 Å². The number of nitrogens with zero attached hydrogens (tertiary/aromatic N) is 1. The van der Waals surface area contributed by atoms with E-state index in [1.54, 1.807) is 29.2 Å². The molecule has 5 rings (SSSR count).